The van der Waals surface area contributed by atoms with E-state index in [9.17, 15) is 0 Å². The van der Waals surface area contributed by atoms with E-state index in [1.54, 1.807) is 0 Å². The quantitative estimate of drug-likeness (QED) is 0.665. The highest BCUT2D eigenvalue weighted by Gasteiger charge is 2.01. The van der Waals surface area contributed by atoms with Crippen LogP contribution in [0.5, 0.6) is 0 Å². The van der Waals surface area contributed by atoms with Crippen molar-refractivity contribution in [2.24, 2.45) is 7.05 Å². The van der Waals surface area contributed by atoms with Crippen molar-refractivity contribution in [3.05, 3.63) is 18.0 Å². The van der Waals surface area contributed by atoms with Crippen LogP contribution in [0, 0.1) is 0 Å². The summed E-state index contributed by atoms with van der Waals surface area (Å²) in [6, 6.07) is 2.08. The Balaban J connectivity index is 2.16. The van der Waals surface area contributed by atoms with E-state index in [1.807, 2.05) is 17.9 Å². The average Bonchev–Trinajstić information content (AvgIpc) is 2.61. The van der Waals surface area contributed by atoms with Gasteiger partial charge in [-0.15, -0.1) is 0 Å². The van der Waals surface area contributed by atoms with Crippen LogP contribution in [0.2, 0.25) is 0 Å². The number of aromatic nitrogens is 2. The molecule has 15 heavy (non-hydrogen) atoms. The molecule has 0 aliphatic rings. The molecular weight excluding hydrogens is 188 g/mol. The van der Waals surface area contributed by atoms with Gasteiger partial charge in [-0.1, -0.05) is 6.92 Å². The summed E-state index contributed by atoms with van der Waals surface area (Å²) in [7, 11) is 4.15. The van der Waals surface area contributed by atoms with E-state index in [0.717, 1.165) is 32.6 Å². The maximum atomic E-state index is 4.16. The van der Waals surface area contributed by atoms with Gasteiger partial charge in [-0.05, 0) is 19.7 Å². The average molecular weight is 210 g/mol. The second kappa shape index (κ2) is 6.58. The maximum Gasteiger partial charge on any atom is 0.0492 e. The molecule has 1 heterocycles. The highest BCUT2D eigenvalue weighted by Crippen LogP contribution is 1.98. The second-order valence-corrected chi connectivity index (χ2v) is 3.85. The molecule has 0 spiro atoms. The van der Waals surface area contributed by atoms with Crippen LogP contribution in [0.15, 0.2) is 12.3 Å². The fourth-order valence-corrected chi connectivity index (χ4v) is 1.51. The summed E-state index contributed by atoms with van der Waals surface area (Å²) in [4.78, 5) is 2.34. The third-order valence-corrected chi connectivity index (χ3v) is 2.59. The van der Waals surface area contributed by atoms with E-state index in [4.69, 9.17) is 0 Å². The smallest absolute Gasteiger partial charge is 0.0492 e. The summed E-state index contributed by atoms with van der Waals surface area (Å²) >= 11 is 0. The minimum Gasteiger partial charge on any atom is -0.316 e. The standard InChI is InChI=1S/C11H22N4/c1-4-12-8-10-14(2)9-6-11-5-7-13-15(11)3/h5,7,12H,4,6,8-10H2,1-3H3. The Bertz CT molecular complexity index is 269. The fraction of sp³-hybridized carbons (Fsp3) is 0.727. The van der Waals surface area contributed by atoms with Crippen LogP contribution >= 0.6 is 0 Å². The summed E-state index contributed by atoms with van der Waals surface area (Å²) in [5, 5.41) is 7.48. The van der Waals surface area contributed by atoms with Crippen LogP contribution in [0.3, 0.4) is 0 Å². The molecule has 0 aliphatic heterocycles. The molecule has 0 unspecified atom stereocenters. The monoisotopic (exact) mass is 210 g/mol. The molecule has 0 aromatic carbocycles. The van der Waals surface area contributed by atoms with Gasteiger partial charge in [0.2, 0.25) is 0 Å². The van der Waals surface area contributed by atoms with Crippen LogP contribution in [-0.2, 0) is 13.5 Å². The van der Waals surface area contributed by atoms with Crippen molar-refractivity contribution in [3.8, 4) is 0 Å². The zero-order valence-electron chi connectivity index (χ0n) is 10.0. The van der Waals surface area contributed by atoms with Gasteiger partial charge in [0.1, 0.15) is 0 Å². The fourth-order valence-electron chi connectivity index (χ4n) is 1.51. The van der Waals surface area contributed by atoms with E-state index < -0.39 is 0 Å². The predicted molar refractivity (Wildman–Crippen MR) is 63.0 cm³/mol. The van der Waals surface area contributed by atoms with Gasteiger partial charge >= 0.3 is 0 Å². The van der Waals surface area contributed by atoms with Crippen molar-refractivity contribution in [3.63, 3.8) is 0 Å². The van der Waals surface area contributed by atoms with Crippen LogP contribution in [0.4, 0.5) is 0 Å². The number of nitrogens with zero attached hydrogens (tertiary/aromatic N) is 3. The molecule has 0 saturated heterocycles. The molecule has 1 N–H and O–H groups in total. The van der Waals surface area contributed by atoms with Crippen molar-refractivity contribution >= 4 is 0 Å². The summed E-state index contributed by atoms with van der Waals surface area (Å²) in [5.41, 5.74) is 1.30. The van der Waals surface area contributed by atoms with E-state index in [2.05, 4.69) is 35.4 Å². The van der Waals surface area contributed by atoms with Gasteiger partial charge in [-0.2, -0.15) is 5.10 Å². The van der Waals surface area contributed by atoms with Crippen LogP contribution in [0.25, 0.3) is 0 Å². The van der Waals surface area contributed by atoms with Crippen molar-refractivity contribution in [1.82, 2.24) is 20.0 Å². The zero-order valence-corrected chi connectivity index (χ0v) is 10.0. The molecule has 4 heteroatoms. The molecule has 0 aliphatic carbocycles. The molecule has 86 valence electrons. The molecule has 0 fully saturated rings. The predicted octanol–water partition coefficient (Wildman–Crippen LogP) is 0.504. The Morgan fingerprint density at radius 3 is 2.87 bits per heavy atom. The van der Waals surface area contributed by atoms with Crippen LogP contribution in [0.1, 0.15) is 12.6 Å². The van der Waals surface area contributed by atoms with Gasteiger partial charge in [0.25, 0.3) is 0 Å². The van der Waals surface area contributed by atoms with Crippen molar-refractivity contribution in [2.75, 3.05) is 33.2 Å². The molecule has 0 bridgehead atoms. The van der Waals surface area contributed by atoms with Gasteiger partial charge in [0.15, 0.2) is 0 Å². The lowest BCUT2D eigenvalue weighted by atomic mass is 10.3. The first-order valence-corrected chi connectivity index (χ1v) is 5.60. The van der Waals surface area contributed by atoms with Gasteiger partial charge < -0.3 is 10.2 Å². The minimum absolute atomic E-state index is 1.05. The SMILES string of the molecule is CCNCCN(C)CCc1ccnn1C. The van der Waals surface area contributed by atoms with Crippen molar-refractivity contribution < 1.29 is 0 Å². The van der Waals surface area contributed by atoms with Crippen molar-refractivity contribution in [1.29, 1.82) is 0 Å². The lowest BCUT2D eigenvalue weighted by molar-refractivity contribution is 0.334. The minimum atomic E-state index is 1.05. The van der Waals surface area contributed by atoms with Crippen LogP contribution in [-0.4, -0.2) is 47.9 Å². The molecule has 0 atom stereocenters. The highest BCUT2D eigenvalue weighted by molar-refractivity contribution is 5.00. The molecule has 1 aromatic heterocycles. The Kier molecular flexibility index (Phi) is 5.36. The summed E-state index contributed by atoms with van der Waals surface area (Å²) in [6.45, 7) is 6.44. The number of nitrogens with one attached hydrogen (secondary N) is 1. The van der Waals surface area contributed by atoms with Crippen molar-refractivity contribution in [2.45, 2.75) is 13.3 Å². The number of hydrogen-bond donors (Lipinski definition) is 1. The third kappa shape index (κ3) is 4.44. The third-order valence-electron chi connectivity index (χ3n) is 2.59. The first-order valence-electron chi connectivity index (χ1n) is 5.60. The summed E-state index contributed by atoms with van der Waals surface area (Å²) in [6.07, 6.45) is 2.92. The van der Waals surface area contributed by atoms with E-state index in [1.165, 1.54) is 5.69 Å². The highest BCUT2D eigenvalue weighted by atomic mass is 15.3. The number of likely N-dealkylation sites (N-methyl/N-ethyl adjacent to an activating group) is 2. The number of hydrogen-bond acceptors (Lipinski definition) is 3. The molecule has 4 nitrogen and oxygen atoms in total. The lowest BCUT2D eigenvalue weighted by Crippen LogP contribution is -2.30. The lowest BCUT2D eigenvalue weighted by Gasteiger charge is -2.16. The molecular formula is C11H22N4. The maximum absolute atomic E-state index is 4.16. The topological polar surface area (TPSA) is 33.1 Å². The first-order chi connectivity index (χ1) is 7.24. The summed E-state index contributed by atoms with van der Waals surface area (Å²) in [5.74, 6) is 0. The van der Waals surface area contributed by atoms with Gasteiger partial charge in [0.05, 0.1) is 0 Å². The normalized spacial score (nSPS) is 11.2. The molecule has 1 rings (SSSR count). The molecule has 0 amide bonds. The number of rotatable bonds is 7. The van der Waals surface area contributed by atoms with E-state index in [-0.39, 0.29) is 0 Å². The molecule has 0 radical (unpaired) electrons. The Morgan fingerprint density at radius 2 is 2.27 bits per heavy atom. The van der Waals surface area contributed by atoms with E-state index >= 15 is 0 Å². The van der Waals surface area contributed by atoms with Gasteiger partial charge in [-0.25, -0.2) is 0 Å². The second-order valence-electron chi connectivity index (χ2n) is 3.85. The van der Waals surface area contributed by atoms with E-state index in [0.29, 0.717) is 0 Å². The Morgan fingerprint density at radius 1 is 1.47 bits per heavy atom. The van der Waals surface area contributed by atoms with Gasteiger partial charge in [0, 0.05) is 45.0 Å². The summed E-state index contributed by atoms with van der Waals surface area (Å²) < 4.78 is 1.94. The zero-order chi connectivity index (χ0) is 11.1. The first kappa shape index (κ1) is 12.2. The van der Waals surface area contributed by atoms with Gasteiger partial charge in [-0.3, -0.25) is 4.68 Å². The molecule has 0 saturated carbocycles. The largest absolute Gasteiger partial charge is 0.316 e. The molecule has 1 aromatic rings. The van der Waals surface area contributed by atoms with Crippen LogP contribution < -0.4 is 5.32 Å². The number of aryl methyl sites for hydroxylation is 1. The Labute approximate surface area is 92.3 Å². The Hall–Kier alpha value is -0.870.